The van der Waals surface area contributed by atoms with Crippen molar-refractivity contribution < 1.29 is 4.79 Å². The lowest BCUT2D eigenvalue weighted by atomic mass is 10.1. The maximum absolute atomic E-state index is 11.2. The van der Waals surface area contributed by atoms with Crippen molar-refractivity contribution >= 4 is 11.6 Å². The summed E-state index contributed by atoms with van der Waals surface area (Å²) in [5.41, 5.74) is 2.31. The molecule has 0 spiro atoms. The predicted octanol–water partition coefficient (Wildman–Crippen LogP) is 1.41. The van der Waals surface area contributed by atoms with E-state index in [1.54, 1.807) is 6.07 Å². The van der Waals surface area contributed by atoms with E-state index in [0.717, 1.165) is 5.56 Å². The van der Waals surface area contributed by atoms with Crippen molar-refractivity contribution in [2.24, 2.45) is 0 Å². The summed E-state index contributed by atoms with van der Waals surface area (Å²) in [5, 5.41) is 14.5. The molecular formula is C12H15N3O. The zero-order valence-electron chi connectivity index (χ0n) is 9.50. The first-order valence-electron chi connectivity index (χ1n) is 5.18. The van der Waals surface area contributed by atoms with Crippen LogP contribution in [0.5, 0.6) is 0 Å². The summed E-state index contributed by atoms with van der Waals surface area (Å²) in [5.74, 6) is -0.0760. The lowest BCUT2D eigenvalue weighted by Gasteiger charge is -2.08. The number of likely N-dealkylation sites (N-methyl/N-ethyl adjacent to an activating group) is 1. The Labute approximate surface area is 95.3 Å². The minimum atomic E-state index is -0.0760. The van der Waals surface area contributed by atoms with Gasteiger partial charge in [-0.25, -0.2) is 0 Å². The average molecular weight is 217 g/mol. The van der Waals surface area contributed by atoms with Crippen LogP contribution in [0.15, 0.2) is 18.2 Å². The second kappa shape index (κ2) is 5.76. The number of hydrogen-bond donors (Lipinski definition) is 2. The zero-order chi connectivity index (χ0) is 12.0. The Morgan fingerprint density at radius 1 is 1.50 bits per heavy atom. The molecule has 0 saturated heterocycles. The number of carbonyl (C=O) groups is 1. The van der Waals surface area contributed by atoms with Gasteiger partial charge in [0.25, 0.3) is 0 Å². The number of nitriles is 1. The van der Waals surface area contributed by atoms with Crippen LogP contribution in [0.25, 0.3) is 0 Å². The van der Waals surface area contributed by atoms with Gasteiger partial charge >= 0.3 is 0 Å². The van der Waals surface area contributed by atoms with Crippen LogP contribution in [-0.4, -0.2) is 19.0 Å². The molecule has 1 aromatic carbocycles. The van der Waals surface area contributed by atoms with Gasteiger partial charge in [-0.2, -0.15) is 5.26 Å². The maximum Gasteiger partial charge on any atom is 0.239 e. The van der Waals surface area contributed by atoms with Crippen LogP contribution in [0, 0.1) is 18.3 Å². The van der Waals surface area contributed by atoms with E-state index < -0.39 is 0 Å². The van der Waals surface area contributed by atoms with Crippen molar-refractivity contribution in [2.45, 2.75) is 13.8 Å². The monoisotopic (exact) mass is 217 g/mol. The molecule has 0 unspecified atom stereocenters. The highest BCUT2D eigenvalue weighted by molar-refractivity contribution is 5.81. The molecule has 4 heteroatoms. The van der Waals surface area contributed by atoms with E-state index in [1.807, 2.05) is 26.0 Å². The highest BCUT2D eigenvalue weighted by atomic mass is 16.1. The number of anilines is 1. The first kappa shape index (κ1) is 12.1. The second-order valence-corrected chi connectivity index (χ2v) is 3.47. The highest BCUT2D eigenvalue weighted by Gasteiger charge is 2.04. The molecule has 0 radical (unpaired) electrons. The van der Waals surface area contributed by atoms with Gasteiger partial charge < -0.3 is 10.6 Å². The Bertz CT molecular complexity index is 421. The van der Waals surface area contributed by atoms with E-state index in [4.69, 9.17) is 5.26 Å². The first-order chi connectivity index (χ1) is 7.67. The van der Waals surface area contributed by atoms with Crippen molar-refractivity contribution in [1.29, 1.82) is 5.26 Å². The summed E-state index contributed by atoms with van der Waals surface area (Å²) < 4.78 is 0. The first-order valence-corrected chi connectivity index (χ1v) is 5.18. The van der Waals surface area contributed by atoms with Crippen molar-refractivity contribution in [3.63, 3.8) is 0 Å². The van der Waals surface area contributed by atoms with Crippen LogP contribution in [-0.2, 0) is 4.79 Å². The maximum atomic E-state index is 11.2. The van der Waals surface area contributed by atoms with Crippen LogP contribution in [0.4, 0.5) is 5.69 Å². The molecule has 0 saturated carbocycles. The van der Waals surface area contributed by atoms with Crippen molar-refractivity contribution in [1.82, 2.24) is 5.32 Å². The number of hydrogen-bond acceptors (Lipinski definition) is 3. The molecule has 4 nitrogen and oxygen atoms in total. The van der Waals surface area contributed by atoms with Gasteiger partial charge in [-0.05, 0) is 31.5 Å². The fraction of sp³-hybridized carbons (Fsp3) is 0.333. The van der Waals surface area contributed by atoms with E-state index in [2.05, 4.69) is 16.7 Å². The molecular weight excluding hydrogens is 202 g/mol. The topological polar surface area (TPSA) is 64.9 Å². The number of nitrogens with zero attached hydrogens (tertiary/aromatic N) is 1. The lowest BCUT2D eigenvalue weighted by Crippen LogP contribution is -2.29. The summed E-state index contributed by atoms with van der Waals surface area (Å²) in [6, 6.07) is 7.56. The molecule has 1 aromatic rings. The number of carbonyl (C=O) groups excluding carboxylic acids is 1. The molecule has 1 amide bonds. The SMILES string of the molecule is CCNC(=O)CNc1cc(C)ccc1C#N. The molecule has 0 atom stereocenters. The van der Waals surface area contributed by atoms with Crippen LogP contribution in [0.1, 0.15) is 18.1 Å². The predicted molar refractivity (Wildman–Crippen MR) is 63.1 cm³/mol. The fourth-order valence-electron chi connectivity index (χ4n) is 1.34. The summed E-state index contributed by atoms with van der Waals surface area (Å²) in [7, 11) is 0. The van der Waals surface area contributed by atoms with Crippen molar-refractivity contribution in [2.75, 3.05) is 18.4 Å². The van der Waals surface area contributed by atoms with E-state index in [9.17, 15) is 4.79 Å². The molecule has 1 rings (SSSR count). The third-order valence-corrected chi connectivity index (χ3v) is 2.11. The van der Waals surface area contributed by atoms with Crippen molar-refractivity contribution in [3.05, 3.63) is 29.3 Å². The summed E-state index contributed by atoms with van der Waals surface area (Å²) in [4.78, 5) is 11.2. The lowest BCUT2D eigenvalue weighted by molar-refractivity contribution is -0.119. The summed E-state index contributed by atoms with van der Waals surface area (Å²) >= 11 is 0. The van der Waals surface area contributed by atoms with Gasteiger partial charge in [0, 0.05) is 6.54 Å². The largest absolute Gasteiger partial charge is 0.375 e. The van der Waals surface area contributed by atoms with Gasteiger partial charge in [0.1, 0.15) is 6.07 Å². The Hall–Kier alpha value is -2.02. The summed E-state index contributed by atoms with van der Waals surface area (Å²) in [6.45, 7) is 4.61. The minimum Gasteiger partial charge on any atom is -0.375 e. The summed E-state index contributed by atoms with van der Waals surface area (Å²) in [6.07, 6.45) is 0. The number of amides is 1. The van der Waals surface area contributed by atoms with E-state index in [1.165, 1.54) is 0 Å². The fourth-order valence-corrected chi connectivity index (χ4v) is 1.34. The van der Waals surface area contributed by atoms with Crippen LogP contribution in [0.2, 0.25) is 0 Å². The van der Waals surface area contributed by atoms with E-state index in [0.29, 0.717) is 17.8 Å². The molecule has 0 aliphatic heterocycles. The van der Waals surface area contributed by atoms with Crippen LogP contribution >= 0.6 is 0 Å². The molecule has 2 N–H and O–H groups in total. The van der Waals surface area contributed by atoms with E-state index >= 15 is 0 Å². The van der Waals surface area contributed by atoms with Gasteiger partial charge in [0.15, 0.2) is 0 Å². The van der Waals surface area contributed by atoms with E-state index in [-0.39, 0.29) is 12.5 Å². The minimum absolute atomic E-state index is 0.0760. The van der Waals surface area contributed by atoms with Crippen molar-refractivity contribution in [3.8, 4) is 6.07 Å². The van der Waals surface area contributed by atoms with Gasteiger partial charge in [-0.1, -0.05) is 6.07 Å². The smallest absolute Gasteiger partial charge is 0.239 e. The quantitative estimate of drug-likeness (QED) is 0.801. The molecule has 0 aliphatic rings. The second-order valence-electron chi connectivity index (χ2n) is 3.47. The number of benzene rings is 1. The van der Waals surface area contributed by atoms with Gasteiger partial charge in [0.05, 0.1) is 17.8 Å². The van der Waals surface area contributed by atoms with Gasteiger partial charge in [0.2, 0.25) is 5.91 Å². The average Bonchev–Trinajstić information content (AvgIpc) is 2.27. The highest BCUT2D eigenvalue weighted by Crippen LogP contribution is 2.15. The third kappa shape index (κ3) is 3.28. The number of nitrogens with one attached hydrogen (secondary N) is 2. The Kier molecular flexibility index (Phi) is 4.34. The molecule has 0 fully saturated rings. The number of aryl methyl sites for hydroxylation is 1. The molecule has 0 heterocycles. The standard InChI is InChI=1S/C12H15N3O/c1-3-14-12(16)8-15-11-6-9(2)4-5-10(11)7-13/h4-6,15H,3,8H2,1-2H3,(H,14,16). The number of rotatable bonds is 4. The van der Waals surface area contributed by atoms with Crippen LogP contribution in [0.3, 0.4) is 0 Å². The van der Waals surface area contributed by atoms with Gasteiger partial charge in [-0.3, -0.25) is 4.79 Å². The zero-order valence-corrected chi connectivity index (χ0v) is 9.50. The Balaban J connectivity index is 2.70. The molecule has 0 aliphatic carbocycles. The third-order valence-electron chi connectivity index (χ3n) is 2.11. The molecule has 0 bridgehead atoms. The Morgan fingerprint density at radius 2 is 2.25 bits per heavy atom. The van der Waals surface area contributed by atoms with Gasteiger partial charge in [-0.15, -0.1) is 0 Å². The molecule has 84 valence electrons. The normalized spacial score (nSPS) is 9.31. The molecule has 16 heavy (non-hydrogen) atoms. The molecule has 0 aromatic heterocycles. The van der Waals surface area contributed by atoms with Crippen LogP contribution < -0.4 is 10.6 Å². The Morgan fingerprint density at radius 3 is 2.88 bits per heavy atom.